The van der Waals surface area contributed by atoms with Crippen molar-refractivity contribution in [3.05, 3.63) is 70.6 Å². The second-order valence-corrected chi connectivity index (χ2v) is 8.42. The van der Waals surface area contributed by atoms with Crippen molar-refractivity contribution >= 4 is 17.4 Å². The van der Waals surface area contributed by atoms with Crippen LogP contribution in [-0.4, -0.2) is 32.7 Å². The number of imidazole rings is 1. The van der Waals surface area contributed by atoms with Crippen LogP contribution >= 0.6 is 0 Å². The average Bonchev–Trinajstić information content (AvgIpc) is 3.36. The summed E-state index contributed by atoms with van der Waals surface area (Å²) in [4.78, 5) is 21.7. The highest BCUT2D eigenvalue weighted by atomic mass is 19.1. The van der Waals surface area contributed by atoms with E-state index in [1.165, 1.54) is 12.1 Å². The molecule has 3 aromatic rings. The van der Waals surface area contributed by atoms with Crippen LogP contribution in [0.5, 0.6) is 0 Å². The Hall–Kier alpha value is -3.68. The van der Waals surface area contributed by atoms with Gasteiger partial charge in [0.1, 0.15) is 11.5 Å². The Labute approximate surface area is 185 Å². The number of aryl methyl sites for hydroxylation is 1. The Morgan fingerprint density at radius 3 is 2.78 bits per heavy atom. The minimum Gasteiger partial charge on any atom is -0.398 e. The SMILES string of the molecule is CCc1ccc(F)cc1-c1ccc(C(=N)c2nc3c([nH]2)CN(C(=O)NC2CC2)C3)c(N)c1. The predicted octanol–water partition coefficient (Wildman–Crippen LogP) is 3.96. The van der Waals surface area contributed by atoms with Crippen molar-refractivity contribution in [1.29, 1.82) is 5.41 Å². The van der Waals surface area contributed by atoms with Crippen LogP contribution in [0.4, 0.5) is 14.9 Å². The lowest BCUT2D eigenvalue weighted by molar-refractivity contribution is 0.197. The fourth-order valence-corrected chi connectivity index (χ4v) is 4.10. The molecule has 1 aromatic heterocycles. The van der Waals surface area contributed by atoms with E-state index in [1.807, 2.05) is 13.0 Å². The molecule has 5 rings (SSSR count). The highest BCUT2D eigenvalue weighted by Crippen LogP contribution is 2.30. The molecule has 0 unspecified atom stereocenters. The zero-order valence-electron chi connectivity index (χ0n) is 17.8. The number of urea groups is 1. The molecule has 5 N–H and O–H groups in total. The van der Waals surface area contributed by atoms with E-state index >= 15 is 0 Å². The number of nitrogen functional groups attached to an aromatic ring is 1. The third kappa shape index (κ3) is 3.72. The van der Waals surface area contributed by atoms with E-state index in [0.717, 1.165) is 47.3 Å². The fraction of sp³-hybridized carbons (Fsp3) is 0.292. The summed E-state index contributed by atoms with van der Waals surface area (Å²) in [7, 11) is 0. The van der Waals surface area contributed by atoms with Crippen LogP contribution < -0.4 is 11.1 Å². The number of aromatic amines is 1. The maximum Gasteiger partial charge on any atom is 0.318 e. The molecule has 7 nitrogen and oxygen atoms in total. The zero-order valence-corrected chi connectivity index (χ0v) is 17.8. The molecule has 1 saturated carbocycles. The van der Waals surface area contributed by atoms with Crippen LogP contribution in [0.3, 0.4) is 0 Å². The van der Waals surface area contributed by atoms with Crippen molar-refractivity contribution < 1.29 is 9.18 Å². The summed E-state index contributed by atoms with van der Waals surface area (Å²) in [5, 5.41) is 11.6. The second kappa shape index (κ2) is 7.78. The summed E-state index contributed by atoms with van der Waals surface area (Å²) >= 11 is 0. The predicted molar refractivity (Wildman–Crippen MR) is 121 cm³/mol. The van der Waals surface area contributed by atoms with Crippen molar-refractivity contribution in [2.45, 2.75) is 45.3 Å². The van der Waals surface area contributed by atoms with E-state index in [9.17, 15) is 9.18 Å². The van der Waals surface area contributed by atoms with E-state index in [-0.39, 0.29) is 17.6 Å². The van der Waals surface area contributed by atoms with Crippen molar-refractivity contribution in [1.82, 2.24) is 20.2 Å². The lowest BCUT2D eigenvalue weighted by atomic mass is 9.95. The number of hydrogen-bond acceptors (Lipinski definition) is 4. The number of nitrogens with one attached hydrogen (secondary N) is 3. The van der Waals surface area contributed by atoms with Gasteiger partial charge in [0.15, 0.2) is 5.82 Å². The topological polar surface area (TPSA) is 111 Å². The van der Waals surface area contributed by atoms with Crippen LogP contribution in [-0.2, 0) is 19.5 Å². The minimum atomic E-state index is -0.294. The summed E-state index contributed by atoms with van der Waals surface area (Å²) in [6, 6.07) is 10.4. The first-order valence-corrected chi connectivity index (χ1v) is 10.8. The normalized spacial score (nSPS) is 15.0. The molecule has 1 fully saturated rings. The smallest absolute Gasteiger partial charge is 0.318 e. The number of halogens is 1. The molecule has 1 aliphatic carbocycles. The minimum absolute atomic E-state index is 0.0702. The van der Waals surface area contributed by atoms with Gasteiger partial charge in [-0.3, -0.25) is 5.41 Å². The van der Waals surface area contributed by atoms with Gasteiger partial charge in [0.25, 0.3) is 0 Å². The number of amides is 2. The number of hydrogen-bond donors (Lipinski definition) is 4. The molecule has 0 bridgehead atoms. The molecule has 2 amide bonds. The molecule has 164 valence electrons. The van der Waals surface area contributed by atoms with Gasteiger partial charge >= 0.3 is 6.03 Å². The van der Waals surface area contributed by atoms with Crippen LogP contribution in [0, 0.1) is 11.2 Å². The van der Waals surface area contributed by atoms with Gasteiger partial charge in [-0.1, -0.05) is 25.1 Å². The number of carbonyl (C=O) groups excluding carboxylic acids is 1. The van der Waals surface area contributed by atoms with Crippen LogP contribution in [0.15, 0.2) is 36.4 Å². The molecule has 0 saturated heterocycles. The van der Waals surface area contributed by atoms with Crippen molar-refractivity contribution in [2.24, 2.45) is 0 Å². The van der Waals surface area contributed by atoms with Gasteiger partial charge in [0, 0.05) is 17.3 Å². The van der Waals surface area contributed by atoms with Gasteiger partial charge in [-0.15, -0.1) is 0 Å². The quantitative estimate of drug-likeness (QED) is 0.362. The number of fused-ring (bicyclic) bond motifs is 1. The van der Waals surface area contributed by atoms with Crippen LogP contribution in [0.2, 0.25) is 0 Å². The Morgan fingerprint density at radius 1 is 1.28 bits per heavy atom. The van der Waals surface area contributed by atoms with Crippen molar-refractivity contribution in [3.8, 4) is 11.1 Å². The highest BCUT2D eigenvalue weighted by Gasteiger charge is 2.31. The van der Waals surface area contributed by atoms with Gasteiger partial charge in [-0.25, -0.2) is 14.2 Å². The lowest BCUT2D eigenvalue weighted by Crippen LogP contribution is -2.37. The van der Waals surface area contributed by atoms with E-state index in [4.69, 9.17) is 11.1 Å². The third-order valence-electron chi connectivity index (χ3n) is 6.07. The van der Waals surface area contributed by atoms with E-state index < -0.39 is 0 Å². The average molecular weight is 433 g/mol. The van der Waals surface area contributed by atoms with Gasteiger partial charge in [0.2, 0.25) is 0 Å². The first-order chi connectivity index (χ1) is 15.4. The number of carbonyl (C=O) groups is 1. The molecule has 2 aromatic carbocycles. The Kier molecular flexibility index (Phi) is 4.92. The summed E-state index contributed by atoms with van der Waals surface area (Å²) in [5.41, 5.74) is 11.7. The number of aromatic nitrogens is 2. The summed E-state index contributed by atoms with van der Waals surface area (Å²) in [6.45, 7) is 2.89. The molecule has 8 heteroatoms. The molecule has 0 spiro atoms. The fourth-order valence-electron chi connectivity index (χ4n) is 4.10. The zero-order chi connectivity index (χ0) is 22.4. The van der Waals surface area contributed by atoms with E-state index in [0.29, 0.717) is 36.2 Å². The van der Waals surface area contributed by atoms with Gasteiger partial charge in [-0.2, -0.15) is 0 Å². The highest BCUT2D eigenvalue weighted by molar-refractivity contribution is 6.12. The molecule has 2 aliphatic rings. The maximum atomic E-state index is 13.8. The summed E-state index contributed by atoms with van der Waals surface area (Å²) < 4.78 is 13.8. The van der Waals surface area contributed by atoms with Gasteiger partial charge in [-0.05, 0) is 54.2 Å². The molecule has 1 aliphatic heterocycles. The second-order valence-electron chi connectivity index (χ2n) is 8.42. The molecular formula is C24H25FN6O. The molecule has 2 heterocycles. The number of nitrogens with two attached hydrogens (primary N) is 1. The molecular weight excluding hydrogens is 407 g/mol. The van der Waals surface area contributed by atoms with Gasteiger partial charge < -0.3 is 20.9 Å². The largest absolute Gasteiger partial charge is 0.398 e. The van der Waals surface area contributed by atoms with Crippen molar-refractivity contribution in [2.75, 3.05) is 5.73 Å². The maximum absolute atomic E-state index is 13.8. The van der Waals surface area contributed by atoms with Crippen LogP contribution in [0.25, 0.3) is 11.1 Å². The molecule has 32 heavy (non-hydrogen) atoms. The lowest BCUT2D eigenvalue weighted by Gasteiger charge is -2.16. The molecule has 0 radical (unpaired) electrons. The number of benzene rings is 2. The Bertz CT molecular complexity index is 1210. The summed E-state index contributed by atoms with van der Waals surface area (Å²) in [6.07, 6.45) is 2.87. The number of anilines is 1. The number of nitrogens with zero attached hydrogens (tertiary/aromatic N) is 2. The summed E-state index contributed by atoms with van der Waals surface area (Å²) in [5.74, 6) is 0.134. The Balaban J connectivity index is 1.35. The van der Waals surface area contributed by atoms with Crippen molar-refractivity contribution in [3.63, 3.8) is 0 Å². The Morgan fingerprint density at radius 2 is 2.09 bits per heavy atom. The van der Waals surface area contributed by atoms with E-state index in [2.05, 4.69) is 15.3 Å². The monoisotopic (exact) mass is 432 g/mol. The first-order valence-electron chi connectivity index (χ1n) is 10.8. The number of rotatable bonds is 5. The standard InChI is InChI=1S/C24H25FN6O/c1-2-13-3-5-15(25)10-18(13)14-4-8-17(19(26)9-14)22(27)23-29-20-11-31(12-21(20)30-23)24(32)28-16-6-7-16/h3-5,8-10,16,27H,2,6-7,11-12,26H2,1H3,(H,28,32)(H,29,30). The van der Waals surface area contributed by atoms with Gasteiger partial charge in [0.05, 0.1) is 24.5 Å². The molecule has 0 atom stereocenters. The van der Waals surface area contributed by atoms with E-state index in [1.54, 1.807) is 23.1 Å². The number of H-pyrrole nitrogens is 1. The van der Waals surface area contributed by atoms with Crippen LogP contribution in [0.1, 0.15) is 48.1 Å². The first kappa shape index (κ1) is 20.2. The third-order valence-corrected chi connectivity index (χ3v) is 6.07.